The van der Waals surface area contributed by atoms with Gasteiger partial charge in [0.05, 0.1) is 16.6 Å². The zero-order valence-corrected chi connectivity index (χ0v) is 12.9. The summed E-state index contributed by atoms with van der Waals surface area (Å²) in [6.07, 6.45) is -3.19. The van der Waals surface area contributed by atoms with Gasteiger partial charge in [0.15, 0.2) is 0 Å². The van der Waals surface area contributed by atoms with Crippen LogP contribution in [0.5, 0.6) is 0 Å². The standard InChI is InChI=1S/C13H14N4O.C2HF3O2/c14-8-9-2-1-3-11-12(9)16-13(18)17(11)10-4-6-15-7-5-10;3-2(4,5)1(6)7/h1-3,10,15H,4-7H2,(H,16,18);(H,6,7). The van der Waals surface area contributed by atoms with Crippen molar-refractivity contribution in [2.75, 3.05) is 13.1 Å². The van der Waals surface area contributed by atoms with Gasteiger partial charge in [-0.1, -0.05) is 6.07 Å². The van der Waals surface area contributed by atoms with Crippen molar-refractivity contribution in [1.82, 2.24) is 14.9 Å². The maximum Gasteiger partial charge on any atom is 0.490 e. The Morgan fingerprint density at radius 2 is 1.92 bits per heavy atom. The lowest BCUT2D eigenvalue weighted by atomic mass is 10.1. The molecule has 1 aromatic heterocycles. The molecule has 1 aromatic carbocycles. The van der Waals surface area contributed by atoms with E-state index in [1.54, 1.807) is 10.6 Å². The molecule has 25 heavy (non-hydrogen) atoms. The minimum Gasteiger partial charge on any atom is -0.475 e. The number of alkyl halides is 3. The number of halogens is 3. The number of hydrogen-bond donors (Lipinski definition) is 3. The number of carboxylic acid groups (broad SMARTS) is 1. The van der Waals surface area contributed by atoms with Gasteiger partial charge in [-0.05, 0) is 38.1 Å². The maximum absolute atomic E-state index is 12.1. The molecule has 0 bridgehead atoms. The average molecular weight is 356 g/mol. The molecule has 7 nitrogen and oxygen atoms in total. The molecule has 0 saturated carbocycles. The number of piperidine rings is 1. The lowest BCUT2D eigenvalue weighted by Crippen LogP contribution is -2.33. The van der Waals surface area contributed by atoms with Crippen molar-refractivity contribution >= 4 is 17.0 Å². The molecule has 0 spiro atoms. The van der Waals surface area contributed by atoms with Gasteiger partial charge in [-0.3, -0.25) is 4.57 Å². The smallest absolute Gasteiger partial charge is 0.475 e. The second-order valence-corrected chi connectivity index (χ2v) is 5.40. The van der Waals surface area contributed by atoms with Crippen LogP contribution in [0.15, 0.2) is 23.0 Å². The van der Waals surface area contributed by atoms with Gasteiger partial charge >= 0.3 is 17.8 Å². The van der Waals surface area contributed by atoms with E-state index in [9.17, 15) is 18.0 Å². The van der Waals surface area contributed by atoms with Gasteiger partial charge in [0.1, 0.15) is 6.07 Å². The van der Waals surface area contributed by atoms with E-state index < -0.39 is 12.1 Å². The number of H-pyrrole nitrogens is 1. The third-order valence-corrected chi connectivity index (χ3v) is 3.79. The van der Waals surface area contributed by atoms with Gasteiger partial charge in [0.2, 0.25) is 0 Å². The molecule has 2 heterocycles. The van der Waals surface area contributed by atoms with Crippen LogP contribution in [0.1, 0.15) is 24.4 Å². The number of aromatic amines is 1. The Morgan fingerprint density at radius 3 is 2.44 bits per heavy atom. The molecule has 0 atom stereocenters. The van der Waals surface area contributed by atoms with Crippen LogP contribution >= 0.6 is 0 Å². The number of nitrogens with one attached hydrogen (secondary N) is 2. The van der Waals surface area contributed by atoms with E-state index in [0.29, 0.717) is 11.1 Å². The van der Waals surface area contributed by atoms with Crippen LogP contribution in [0.4, 0.5) is 13.2 Å². The number of nitriles is 1. The molecule has 0 radical (unpaired) electrons. The number of benzene rings is 1. The van der Waals surface area contributed by atoms with E-state index in [2.05, 4.69) is 16.4 Å². The van der Waals surface area contributed by atoms with Gasteiger partial charge in [0.25, 0.3) is 0 Å². The minimum absolute atomic E-state index is 0.111. The molecule has 0 unspecified atom stereocenters. The predicted molar refractivity (Wildman–Crippen MR) is 82.1 cm³/mol. The molecule has 3 rings (SSSR count). The number of hydrogen-bond acceptors (Lipinski definition) is 4. The van der Waals surface area contributed by atoms with Gasteiger partial charge in [-0.25, -0.2) is 9.59 Å². The van der Waals surface area contributed by atoms with Crippen molar-refractivity contribution in [3.63, 3.8) is 0 Å². The summed E-state index contributed by atoms with van der Waals surface area (Å²) in [5, 5.41) is 19.5. The second-order valence-electron chi connectivity index (χ2n) is 5.40. The van der Waals surface area contributed by atoms with Crippen LogP contribution in [0.3, 0.4) is 0 Å². The summed E-state index contributed by atoms with van der Waals surface area (Å²) in [5.74, 6) is -2.76. The Kier molecular flexibility index (Phi) is 5.48. The molecule has 3 N–H and O–H groups in total. The number of aromatic nitrogens is 2. The zero-order valence-electron chi connectivity index (χ0n) is 12.9. The number of nitrogens with zero attached hydrogens (tertiary/aromatic N) is 2. The summed E-state index contributed by atoms with van der Waals surface area (Å²) < 4.78 is 33.5. The first-order valence-corrected chi connectivity index (χ1v) is 7.40. The normalized spacial score (nSPS) is 15.3. The van der Waals surface area contributed by atoms with Crippen LogP contribution in [-0.2, 0) is 4.79 Å². The monoisotopic (exact) mass is 356 g/mol. The second kappa shape index (κ2) is 7.40. The molecule has 0 amide bonds. The molecular weight excluding hydrogens is 341 g/mol. The van der Waals surface area contributed by atoms with Crippen molar-refractivity contribution in [2.24, 2.45) is 0 Å². The van der Waals surface area contributed by atoms with Gasteiger partial charge in [-0.15, -0.1) is 0 Å². The van der Waals surface area contributed by atoms with Gasteiger partial charge in [0, 0.05) is 6.04 Å². The Labute approximate surface area is 139 Å². The predicted octanol–water partition coefficient (Wildman–Crippen LogP) is 1.76. The summed E-state index contributed by atoms with van der Waals surface area (Å²) in [4.78, 5) is 23.8. The molecule has 2 aromatic rings. The fourth-order valence-electron chi connectivity index (χ4n) is 2.67. The summed E-state index contributed by atoms with van der Waals surface area (Å²) in [6.45, 7) is 1.86. The first kappa shape index (κ1) is 18.5. The van der Waals surface area contributed by atoms with Crippen molar-refractivity contribution in [3.05, 3.63) is 34.2 Å². The third kappa shape index (κ3) is 4.19. The molecule has 134 valence electrons. The SMILES string of the molecule is N#Cc1cccc2c1[nH]c(=O)n2C1CCNCC1.O=C(O)C(F)(F)F. The lowest BCUT2D eigenvalue weighted by Gasteiger charge is -2.23. The number of carboxylic acids is 1. The lowest BCUT2D eigenvalue weighted by molar-refractivity contribution is -0.192. The van der Waals surface area contributed by atoms with Crippen LogP contribution in [-0.4, -0.2) is 39.9 Å². The minimum atomic E-state index is -5.08. The first-order valence-electron chi connectivity index (χ1n) is 7.40. The quantitative estimate of drug-likeness (QED) is 0.721. The van der Waals surface area contributed by atoms with E-state index in [1.807, 2.05) is 12.1 Å². The van der Waals surface area contributed by atoms with E-state index in [-0.39, 0.29) is 11.7 Å². The summed E-state index contributed by atoms with van der Waals surface area (Å²) in [5.41, 5.74) is 1.91. The van der Waals surface area contributed by atoms with Crippen molar-refractivity contribution in [2.45, 2.75) is 25.1 Å². The number of fused-ring (bicyclic) bond motifs is 1. The van der Waals surface area contributed by atoms with Gasteiger partial charge in [-0.2, -0.15) is 18.4 Å². The fraction of sp³-hybridized carbons (Fsp3) is 0.400. The highest BCUT2D eigenvalue weighted by Gasteiger charge is 2.38. The van der Waals surface area contributed by atoms with Crippen molar-refractivity contribution < 1.29 is 23.1 Å². The summed E-state index contributed by atoms with van der Waals surface area (Å²) >= 11 is 0. The van der Waals surface area contributed by atoms with Gasteiger partial charge < -0.3 is 15.4 Å². The Balaban J connectivity index is 0.000000277. The maximum atomic E-state index is 12.1. The number of rotatable bonds is 1. The van der Waals surface area contributed by atoms with Crippen LogP contribution in [0.2, 0.25) is 0 Å². The number of para-hydroxylation sites is 1. The molecule has 1 aliphatic heterocycles. The van der Waals surface area contributed by atoms with Crippen LogP contribution < -0.4 is 11.0 Å². The van der Waals surface area contributed by atoms with Crippen molar-refractivity contribution in [3.8, 4) is 6.07 Å². The zero-order chi connectivity index (χ0) is 18.6. The number of aliphatic carboxylic acids is 1. The highest BCUT2D eigenvalue weighted by atomic mass is 19.4. The summed E-state index contributed by atoms with van der Waals surface area (Å²) in [6, 6.07) is 7.79. The third-order valence-electron chi connectivity index (χ3n) is 3.79. The van der Waals surface area contributed by atoms with E-state index in [1.165, 1.54) is 0 Å². The Hall–Kier alpha value is -2.80. The highest BCUT2D eigenvalue weighted by molar-refractivity contribution is 5.81. The Morgan fingerprint density at radius 1 is 1.32 bits per heavy atom. The average Bonchev–Trinajstić information content (AvgIpc) is 2.91. The first-order chi connectivity index (χ1) is 11.8. The van der Waals surface area contributed by atoms with Crippen LogP contribution in [0, 0.1) is 11.3 Å². The van der Waals surface area contributed by atoms with E-state index >= 15 is 0 Å². The largest absolute Gasteiger partial charge is 0.490 e. The highest BCUT2D eigenvalue weighted by Crippen LogP contribution is 2.23. The fourth-order valence-corrected chi connectivity index (χ4v) is 2.67. The molecular formula is C15H15F3N4O3. The Bertz CT molecular complexity index is 857. The molecule has 1 saturated heterocycles. The molecule has 1 aliphatic rings. The number of carbonyl (C=O) groups is 1. The summed E-state index contributed by atoms with van der Waals surface area (Å²) in [7, 11) is 0. The molecule has 1 fully saturated rings. The number of imidazole rings is 1. The van der Waals surface area contributed by atoms with E-state index in [0.717, 1.165) is 31.4 Å². The van der Waals surface area contributed by atoms with E-state index in [4.69, 9.17) is 15.2 Å². The molecule has 10 heteroatoms. The molecule has 0 aliphatic carbocycles. The topological polar surface area (TPSA) is 111 Å². The van der Waals surface area contributed by atoms with Crippen LogP contribution in [0.25, 0.3) is 11.0 Å². The van der Waals surface area contributed by atoms with Crippen molar-refractivity contribution in [1.29, 1.82) is 5.26 Å².